The fourth-order valence-corrected chi connectivity index (χ4v) is 5.03. The molecule has 1 saturated heterocycles. The van der Waals surface area contributed by atoms with Gasteiger partial charge in [0.05, 0.1) is 12.0 Å². The van der Waals surface area contributed by atoms with Crippen LogP contribution < -0.4 is 4.74 Å². The monoisotopic (exact) mass is 373 g/mol. The van der Waals surface area contributed by atoms with Crippen molar-refractivity contribution in [1.82, 2.24) is 4.31 Å². The molecule has 6 heteroatoms. The van der Waals surface area contributed by atoms with Gasteiger partial charge in [-0.2, -0.15) is 4.31 Å². The number of piperidine rings is 1. The van der Waals surface area contributed by atoms with E-state index in [1.165, 1.54) is 4.31 Å². The summed E-state index contributed by atoms with van der Waals surface area (Å²) in [5.41, 5.74) is 1.38. The highest BCUT2D eigenvalue weighted by molar-refractivity contribution is 7.89. The topological polar surface area (TPSA) is 63.7 Å². The van der Waals surface area contributed by atoms with Gasteiger partial charge < -0.3 is 4.74 Å². The van der Waals surface area contributed by atoms with Crippen molar-refractivity contribution in [2.45, 2.75) is 24.7 Å². The van der Waals surface area contributed by atoms with Gasteiger partial charge in [0.1, 0.15) is 5.75 Å². The fraction of sp³-hybridized carbons (Fsp3) is 0.350. The molecule has 1 aliphatic rings. The standard InChI is InChI=1S/C20H23NO4S/c1-15-5-3-4-6-19(15)26(23,24)21-13-11-17(12-14-21)20(22)16-7-9-18(25-2)10-8-16/h3-10,17H,11-14H2,1-2H3. The molecule has 3 rings (SSSR count). The van der Waals surface area contributed by atoms with Crippen molar-refractivity contribution in [3.8, 4) is 5.75 Å². The van der Waals surface area contributed by atoms with E-state index in [0.29, 0.717) is 42.1 Å². The van der Waals surface area contributed by atoms with Gasteiger partial charge in [-0.25, -0.2) is 8.42 Å². The SMILES string of the molecule is COc1ccc(C(=O)C2CCN(S(=O)(=O)c3ccccc3C)CC2)cc1. The molecule has 2 aromatic carbocycles. The van der Waals surface area contributed by atoms with Gasteiger partial charge in [0.15, 0.2) is 5.78 Å². The summed E-state index contributed by atoms with van der Waals surface area (Å²) in [4.78, 5) is 13.0. The summed E-state index contributed by atoms with van der Waals surface area (Å²) in [6.07, 6.45) is 1.08. The van der Waals surface area contributed by atoms with Crippen LogP contribution in [0.1, 0.15) is 28.8 Å². The molecule has 138 valence electrons. The predicted octanol–water partition coefficient (Wildman–Crippen LogP) is 3.29. The number of sulfonamides is 1. The Morgan fingerprint density at radius 1 is 1.04 bits per heavy atom. The quantitative estimate of drug-likeness (QED) is 0.755. The van der Waals surface area contributed by atoms with Crippen LogP contribution in [0.25, 0.3) is 0 Å². The van der Waals surface area contributed by atoms with Gasteiger partial charge in [0, 0.05) is 24.6 Å². The Morgan fingerprint density at radius 3 is 2.23 bits per heavy atom. The second kappa shape index (κ2) is 7.60. The number of carbonyl (C=O) groups excluding carboxylic acids is 1. The van der Waals surface area contributed by atoms with E-state index in [9.17, 15) is 13.2 Å². The van der Waals surface area contributed by atoms with Crippen LogP contribution in [-0.2, 0) is 10.0 Å². The van der Waals surface area contributed by atoms with Gasteiger partial charge in [0.25, 0.3) is 0 Å². The summed E-state index contributed by atoms with van der Waals surface area (Å²) in [7, 11) is -1.93. The largest absolute Gasteiger partial charge is 0.497 e. The molecule has 1 heterocycles. The van der Waals surface area contributed by atoms with Crippen LogP contribution in [0.4, 0.5) is 0 Å². The van der Waals surface area contributed by atoms with Crippen LogP contribution >= 0.6 is 0 Å². The molecule has 2 aromatic rings. The summed E-state index contributed by atoms with van der Waals surface area (Å²) < 4.78 is 32.3. The molecule has 0 unspecified atom stereocenters. The number of nitrogens with zero attached hydrogens (tertiary/aromatic N) is 1. The maximum Gasteiger partial charge on any atom is 0.243 e. The molecular formula is C20H23NO4S. The third kappa shape index (κ3) is 3.66. The van der Waals surface area contributed by atoms with Crippen LogP contribution in [0.15, 0.2) is 53.4 Å². The smallest absolute Gasteiger partial charge is 0.243 e. The van der Waals surface area contributed by atoms with Crippen molar-refractivity contribution in [2.75, 3.05) is 20.2 Å². The Kier molecular flexibility index (Phi) is 5.44. The zero-order valence-electron chi connectivity index (χ0n) is 15.0. The first-order valence-corrected chi connectivity index (χ1v) is 10.1. The van der Waals surface area contributed by atoms with Crippen molar-refractivity contribution in [1.29, 1.82) is 0 Å². The third-order valence-corrected chi connectivity index (χ3v) is 6.97. The number of ether oxygens (including phenoxy) is 1. The normalized spacial score (nSPS) is 16.4. The molecule has 0 N–H and O–H groups in total. The van der Waals surface area contributed by atoms with E-state index in [2.05, 4.69) is 0 Å². The average Bonchev–Trinajstić information content (AvgIpc) is 2.68. The lowest BCUT2D eigenvalue weighted by Gasteiger charge is -2.31. The lowest BCUT2D eigenvalue weighted by molar-refractivity contribution is 0.0875. The van der Waals surface area contributed by atoms with Crippen molar-refractivity contribution in [3.63, 3.8) is 0 Å². The summed E-state index contributed by atoms with van der Waals surface area (Å²) in [5.74, 6) is 0.632. The molecule has 0 amide bonds. The van der Waals surface area contributed by atoms with E-state index in [4.69, 9.17) is 4.74 Å². The van der Waals surface area contributed by atoms with Crippen molar-refractivity contribution in [2.24, 2.45) is 5.92 Å². The van der Waals surface area contributed by atoms with Gasteiger partial charge in [-0.15, -0.1) is 0 Å². The second-order valence-corrected chi connectivity index (χ2v) is 8.44. The van der Waals surface area contributed by atoms with E-state index in [-0.39, 0.29) is 11.7 Å². The average molecular weight is 373 g/mol. The second-order valence-electron chi connectivity index (χ2n) is 6.54. The zero-order chi connectivity index (χ0) is 18.7. The maximum absolute atomic E-state index is 12.9. The highest BCUT2D eigenvalue weighted by atomic mass is 32.2. The van der Waals surface area contributed by atoms with E-state index in [0.717, 1.165) is 5.56 Å². The number of hydrogen-bond donors (Lipinski definition) is 0. The molecular weight excluding hydrogens is 350 g/mol. The van der Waals surface area contributed by atoms with Gasteiger partial charge >= 0.3 is 0 Å². The van der Waals surface area contributed by atoms with Crippen molar-refractivity contribution in [3.05, 3.63) is 59.7 Å². The van der Waals surface area contributed by atoms with Crippen molar-refractivity contribution >= 4 is 15.8 Å². The first-order valence-electron chi connectivity index (χ1n) is 8.67. The Bertz CT molecular complexity index is 882. The van der Waals surface area contributed by atoms with E-state index in [1.807, 2.05) is 6.07 Å². The summed E-state index contributed by atoms with van der Waals surface area (Å²) in [5, 5.41) is 0. The Labute approximate surface area is 154 Å². The first kappa shape index (κ1) is 18.6. The number of benzene rings is 2. The Morgan fingerprint density at radius 2 is 1.65 bits per heavy atom. The molecule has 0 saturated carbocycles. The molecule has 0 aromatic heterocycles. The number of rotatable bonds is 5. The lowest BCUT2D eigenvalue weighted by Crippen LogP contribution is -2.40. The summed E-state index contributed by atoms with van der Waals surface area (Å²) >= 11 is 0. The summed E-state index contributed by atoms with van der Waals surface area (Å²) in [6.45, 7) is 2.53. The van der Waals surface area contributed by atoms with Crippen LogP contribution in [0.2, 0.25) is 0 Å². The molecule has 5 nitrogen and oxygen atoms in total. The minimum absolute atomic E-state index is 0.0700. The predicted molar refractivity (Wildman–Crippen MR) is 100.0 cm³/mol. The van der Waals surface area contributed by atoms with Crippen LogP contribution in [0, 0.1) is 12.8 Å². The number of ketones is 1. The zero-order valence-corrected chi connectivity index (χ0v) is 15.8. The summed E-state index contributed by atoms with van der Waals surface area (Å²) in [6, 6.07) is 14.1. The molecule has 0 atom stereocenters. The van der Waals surface area contributed by atoms with Gasteiger partial charge in [-0.1, -0.05) is 18.2 Å². The van der Waals surface area contributed by atoms with Gasteiger partial charge in [0.2, 0.25) is 10.0 Å². The van der Waals surface area contributed by atoms with Crippen LogP contribution in [0.5, 0.6) is 5.75 Å². The number of carbonyl (C=O) groups is 1. The van der Waals surface area contributed by atoms with Crippen molar-refractivity contribution < 1.29 is 17.9 Å². The molecule has 0 aliphatic carbocycles. The maximum atomic E-state index is 12.9. The number of Topliss-reactive ketones (excluding diaryl/α,β-unsaturated/α-hetero) is 1. The van der Waals surface area contributed by atoms with E-state index >= 15 is 0 Å². The molecule has 1 fully saturated rings. The fourth-order valence-electron chi connectivity index (χ4n) is 3.33. The highest BCUT2D eigenvalue weighted by Crippen LogP contribution is 2.27. The van der Waals surface area contributed by atoms with Gasteiger partial charge in [-0.05, 0) is 55.7 Å². The molecule has 1 aliphatic heterocycles. The van der Waals surface area contributed by atoms with E-state index < -0.39 is 10.0 Å². The molecule has 0 spiro atoms. The molecule has 26 heavy (non-hydrogen) atoms. The van der Waals surface area contributed by atoms with Crippen LogP contribution in [-0.4, -0.2) is 38.7 Å². The van der Waals surface area contributed by atoms with Crippen LogP contribution in [0.3, 0.4) is 0 Å². The number of aryl methyl sites for hydroxylation is 1. The van der Waals surface area contributed by atoms with E-state index in [1.54, 1.807) is 56.5 Å². The Balaban J connectivity index is 1.68. The third-order valence-electron chi connectivity index (χ3n) is 4.91. The molecule has 0 bridgehead atoms. The number of hydrogen-bond acceptors (Lipinski definition) is 4. The first-order chi connectivity index (χ1) is 12.4. The van der Waals surface area contributed by atoms with Gasteiger partial charge in [-0.3, -0.25) is 4.79 Å². The molecule has 0 radical (unpaired) electrons. The Hall–Kier alpha value is -2.18. The minimum Gasteiger partial charge on any atom is -0.497 e. The minimum atomic E-state index is -3.51. The number of methoxy groups -OCH3 is 1. The highest BCUT2D eigenvalue weighted by Gasteiger charge is 2.32. The lowest BCUT2D eigenvalue weighted by atomic mass is 9.89.